The van der Waals surface area contributed by atoms with Gasteiger partial charge in [0.1, 0.15) is 17.1 Å². The normalized spacial score (nSPS) is 17.0. The van der Waals surface area contributed by atoms with E-state index in [-0.39, 0.29) is 5.75 Å². The van der Waals surface area contributed by atoms with Crippen LogP contribution in [0.15, 0.2) is 60.8 Å². The zero-order valence-electron chi connectivity index (χ0n) is 24.1. The number of para-hydroxylation sites is 1. The third-order valence-corrected chi connectivity index (χ3v) is 8.66. The number of carboxylic acid groups (broad SMARTS) is 1. The average molecular weight is 627 g/mol. The first-order valence-corrected chi connectivity index (χ1v) is 14.7. The van der Waals surface area contributed by atoms with Crippen molar-refractivity contribution in [3.8, 4) is 22.2 Å². The number of halogens is 3. The van der Waals surface area contributed by atoms with Gasteiger partial charge in [0, 0.05) is 31.5 Å². The molecule has 0 saturated carbocycles. The van der Waals surface area contributed by atoms with Gasteiger partial charge in [-0.15, -0.1) is 28.2 Å². The molecule has 1 unspecified atom stereocenters. The summed E-state index contributed by atoms with van der Waals surface area (Å²) in [5.74, 6) is -0.286. The van der Waals surface area contributed by atoms with Crippen LogP contribution in [0.2, 0.25) is 0 Å². The van der Waals surface area contributed by atoms with Gasteiger partial charge < -0.3 is 19.5 Å². The molecule has 44 heavy (non-hydrogen) atoms. The molecule has 6 rings (SSSR count). The fourth-order valence-electron chi connectivity index (χ4n) is 5.53. The van der Waals surface area contributed by atoms with E-state index in [1.807, 2.05) is 24.3 Å². The molecular formula is C30H29F3N6O4S. The lowest BCUT2D eigenvalue weighted by molar-refractivity contribution is -0.274. The molecule has 2 aromatic carbocycles. The molecule has 0 radical (unpaired) electrons. The third kappa shape index (κ3) is 5.98. The number of aromatic nitrogens is 5. The molecule has 2 aliphatic rings. The van der Waals surface area contributed by atoms with Gasteiger partial charge in [-0.1, -0.05) is 62.4 Å². The van der Waals surface area contributed by atoms with E-state index in [9.17, 15) is 23.1 Å². The molecule has 1 N–H and O–H groups in total. The second-order valence-electron chi connectivity index (χ2n) is 11.8. The number of hydrogen-bond donors (Lipinski definition) is 1. The number of thiazole rings is 1. The molecule has 1 atom stereocenters. The summed E-state index contributed by atoms with van der Waals surface area (Å²) >= 11 is 1.40. The summed E-state index contributed by atoms with van der Waals surface area (Å²) in [5, 5.41) is 22.9. The topological polar surface area (TPSA) is 115 Å². The zero-order chi connectivity index (χ0) is 31.3. The number of carbonyl (C=O) groups is 1. The van der Waals surface area contributed by atoms with Crippen molar-refractivity contribution >= 4 is 28.0 Å². The summed E-state index contributed by atoms with van der Waals surface area (Å²) in [7, 11) is 0. The number of anilines is 1. The molecule has 10 nitrogen and oxygen atoms in total. The number of fused-ring (bicyclic) bond motifs is 1. The van der Waals surface area contributed by atoms with Gasteiger partial charge in [-0.3, -0.25) is 0 Å². The van der Waals surface area contributed by atoms with Gasteiger partial charge in [-0.25, -0.2) is 9.78 Å². The summed E-state index contributed by atoms with van der Waals surface area (Å²) < 4.78 is 48.7. The molecule has 4 heterocycles. The first kappa shape index (κ1) is 29.6. The second-order valence-corrected chi connectivity index (χ2v) is 12.8. The molecule has 0 bridgehead atoms. The highest BCUT2D eigenvalue weighted by molar-refractivity contribution is 7.18. The summed E-state index contributed by atoms with van der Waals surface area (Å²) in [6.45, 7) is 6.70. The lowest BCUT2D eigenvalue weighted by atomic mass is 9.83. The van der Waals surface area contributed by atoms with Crippen molar-refractivity contribution in [3.63, 3.8) is 0 Å². The molecule has 14 heteroatoms. The van der Waals surface area contributed by atoms with Gasteiger partial charge in [0.25, 0.3) is 0 Å². The van der Waals surface area contributed by atoms with Crippen LogP contribution in [0.1, 0.15) is 50.8 Å². The predicted molar refractivity (Wildman–Crippen MR) is 157 cm³/mol. The van der Waals surface area contributed by atoms with Crippen molar-refractivity contribution < 1.29 is 32.5 Å². The number of aliphatic carboxylic acids is 1. The summed E-state index contributed by atoms with van der Waals surface area (Å²) in [6, 6.07) is 12.5. The van der Waals surface area contributed by atoms with E-state index in [2.05, 4.69) is 36.1 Å². The maximum Gasteiger partial charge on any atom is 0.573 e. The van der Waals surface area contributed by atoms with Crippen LogP contribution in [0.25, 0.3) is 16.3 Å². The van der Waals surface area contributed by atoms with Crippen molar-refractivity contribution in [3.05, 3.63) is 71.9 Å². The van der Waals surface area contributed by atoms with Crippen LogP contribution in [0.5, 0.6) is 11.5 Å². The maximum absolute atomic E-state index is 12.7. The van der Waals surface area contributed by atoms with Crippen LogP contribution >= 0.6 is 11.3 Å². The van der Waals surface area contributed by atoms with Crippen LogP contribution in [-0.4, -0.2) is 61.3 Å². The van der Waals surface area contributed by atoms with E-state index in [0.29, 0.717) is 36.6 Å². The number of rotatable bonds is 6. The van der Waals surface area contributed by atoms with Crippen LogP contribution < -0.4 is 14.4 Å². The first-order chi connectivity index (χ1) is 20.8. The summed E-state index contributed by atoms with van der Waals surface area (Å²) in [6.07, 6.45) is 0.281. The minimum absolute atomic E-state index is 0.276. The van der Waals surface area contributed by atoms with Crippen LogP contribution in [-0.2, 0) is 4.79 Å². The SMILES string of the molecule is CC(C)(C)C(C(=O)O)n1nnc(-c2cnc(N3CCC4(C=C(c5ccc(OC(F)(F)F)cc5)c5ccccc5O4)CC3)s2)n1. The van der Waals surface area contributed by atoms with Crippen molar-refractivity contribution in [2.24, 2.45) is 5.41 Å². The molecule has 2 aliphatic heterocycles. The lowest BCUT2D eigenvalue weighted by Crippen LogP contribution is -2.48. The highest BCUT2D eigenvalue weighted by Gasteiger charge is 2.40. The maximum atomic E-state index is 12.7. The van der Waals surface area contributed by atoms with E-state index in [1.165, 1.54) is 23.5 Å². The van der Waals surface area contributed by atoms with Gasteiger partial charge in [0.2, 0.25) is 5.82 Å². The number of benzene rings is 2. The molecule has 4 aromatic rings. The lowest BCUT2D eigenvalue weighted by Gasteiger charge is -2.43. The molecular weight excluding hydrogens is 597 g/mol. The zero-order valence-corrected chi connectivity index (χ0v) is 24.9. The summed E-state index contributed by atoms with van der Waals surface area (Å²) in [4.78, 5) is 20.4. The number of nitrogens with zero attached hydrogens (tertiary/aromatic N) is 6. The first-order valence-electron chi connectivity index (χ1n) is 13.9. The Bertz CT molecular complexity index is 1700. The Hall–Kier alpha value is -4.46. The van der Waals surface area contributed by atoms with E-state index in [4.69, 9.17) is 4.74 Å². The van der Waals surface area contributed by atoms with Gasteiger partial charge in [0.15, 0.2) is 11.2 Å². The number of ether oxygens (including phenoxy) is 2. The highest BCUT2D eigenvalue weighted by atomic mass is 32.1. The molecule has 1 fully saturated rings. The van der Waals surface area contributed by atoms with E-state index < -0.39 is 29.4 Å². The Balaban J connectivity index is 1.20. The Kier molecular flexibility index (Phi) is 7.34. The minimum Gasteiger partial charge on any atom is -0.482 e. The third-order valence-electron chi connectivity index (χ3n) is 7.60. The molecule has 1 saturated heterocycles. The van der Waals surface area contributed by atoms with Crippen LogP contribution in [0.4, 0.5) is 18.3 Å². The molecule has 2 aromatic heterocycles. The average Bonchev–Trinajstić information content (AvgIpc) is 3.62. The fraction of sp³-hybridized carbons (Fsp3) is 0.367. The minimum atomic E-state index is -4.76. The van der Waals surface area contributed by atoms with Crippen LogP contribution in [0, 0.1) is 5.41 Å². The molecule has 1 spiro atoms. The van der Waals surface area contributed by atoms with E-state index in [0.717, 1.165) is 32.4 Å². The van der Waals surface area contributed by atoms with Crippen molar-refractivity contribution in [2.75, 3.05) is 18.0 Å². The molecule has 230 valence electrons. The van der Waals surface area contributed by atoms with Gasteiger partial charge in [-0.05, 0) is 46.0 Å². The molecule has 0 amide bonds. The molecule has 0 aliphatic carbocycles. The number of carboxylic acids is 1. The Morgan fingerprint density at radius 1 is 1.09 bits per heavy atom. The fourth-order valence-corrected chi connectivity index (χ4v) is 6.42. The van der Waals surface area contributed by atoms with E-state index in [1.54, 1.807) is 39.1 Å². The van der Waals surface area contributed by atoms with E-state index >= 15 is 0 Å². The Labute approximate surface area is 254 Å². The largest absolute Gasteiger partial charge is 0.573 e. The van der Waals surface area contributed by atoms with Gasteiger partial charge in [-0.2, -0.15) is 0 Å². The predicted octanol–water partition coefficient (Wildman–Crippen LogP) is 6.23. The van der Waals surface area contributed by atoms with Gasteiger partial charge in [0.05, 0.1) is 11.1 Å². The highest BCUT2D eigenvalue weighted by Crippen LogP contribution is 2.44. The smallest absolute Gasteiger partial charge is 0.482 e. The number of tetrazole rings is 1. The second kappa shape index (κ2) is 10.9. The van der Waals surface area contributed by atoms with Crippen LogP contribution in [0.3, 0.4) is 0 Å². The number of alkyl halides is 3. The Morgan fingerprint density at radius 2 is 1.80 bits per heavy atom. The van der Waals surface area contributed by atoms with Crippen molar-refractivity contribution in [1.82, 2.24) is 25.2 Å². The quantitative estimate of drug-likeness (QED) is 0.266. The number of hydrogen-bond acceptors (Lipinski definition) is 9. The summed E-state index contributed by atoms with van der Waals surface area (Å²) in [5.41, 5.74) is 1.29. The van der Waals surface area contributed by atoms with Crippen molar-refractivity contribution in [2.45, 2.75) is 51.6 Å². The van der Waals surface area contributed by atoms with Gasteiger partial charge >= 0.3 is 12.3 Å². The van der Waals surface area contributed by atoms with Crippen molar-refractivity contribution in [1.29, 1.82) is 0 Å². The Morgan fingerprint density at radius 3 is 2.45 bits per heavy atom. The monoisotopic (exact) mass is 626 g/mol. The number of piperidine rings is 1. The standard InChI is InChI=1S/C30H29F3N6O4S/c1-28(2,3)24(26(40)41)39-36-25(35-37-39)23-17-34-27(44-23)38-14-12-29(13-15-38)16-21(20-6-4-5-7-22(20)43-29)18-8-10-19(11-9-18)42-30(31,32)33/h4-11,16-17,24H,12-15H2,1-3H3,(H,40,41).